The van der Waals surface area contributed by atoms with Crippen LogP contribution in [0.3, 0.4) is 0 Å². The number of hydroxylamine groups is 4. The van der Waals surface area contributed by atoms with Crippen LogP contribution in [0.5, 0.6) is 0 Å². The van der Waals surface area contributed by atoms with Gasteiger partial charge in [-0.1, -0.05) is 0 Å². The van der Waals surface area contributed by atoms with Crippen LogP contribution in [0.1, 0.15) is 20.8 Å². The van der Waals surface area contributed by atoms with E-state index in [0.29, 0.717) is 0 Å². The molecule has 0 aliphatic heterocycles. The van der Waals surface area contributed by atoms with Crippen molar-refractivity contribution in [3.05, 3.63) is 0 Å². The van der Waals surface area contributed by atoms with Crippen molar-refractivity contribution in [2.75, 3.05) is 26.0 Å². The molecule has 0 atom stereocenters. The van der Waals surface area contributed by atoms with Crippen molar-refractivity contribution < 1.29 is 28.8 Å². The van der Waals surface area contributed by atoms with Crippen molar-refractivity contribution in [3.8, 4) is 0 Å². The van der Waals surface area contributed by atoms with Crippen molar-refractivity contribution in [1.82, 2.24) is 0 Å². The molecule has 0 aliphatic carbocycles. The third-order valence-corrected chi connectivity index (χ3v) is 3.66. The van der Waals surface area contributed by atoms with Gasteiger partial charge in [0.15, 0.2) is 0 Å². The maximum absolute atomic E-state index is 11.8. The fraction of sp³-hybridized carbons (Fsp3) is 1.00. The third kappa shape index (κ3) is 5.05. The Bertz CT molecular complexity index is 198. The lowest BCUT2D eigenvalue weighted by Gasteiger charge is -2.24. The standard InChI is InChI=1S/C7H19NO5P/c1-4-8(9,10)7-14(11,12-5-2)13-6-3/h9-10H,4-7H2,1-3H3/q+1. The maximum Gasteiger partial charge on any atom is 0.390 e. The Kier molecular flexibility index (Phi) is 5.81. The van der Waals surface area contributed by atoms with Gasteiger partial charge in [0.1, 0.15) is 6.54 Å². The van der Waals surface area contributed by atoms with Crippen LogP contribution >= 0.6 is 7.60 Å². The Balaban J connectivity index is 4.43. The highest BCUT2D eigenvalue weighted by molar-refractivity contribution is 7.53. The second kappa shape index (κ2) is 5.80. The molecule has 0 heterocycles. The van der Waals surface area contributed by atoms with Gasteiger partial charge in [0.2, 0.25) is 6.29 Å². The van der Waals surface area contributed by atoms with Crippen LogP contribution in [0, 0.1) is 0 Å². The predicted octanol–water partition coefficient (Wildman–Crippen LogP) is 1.83. The van der Waals surface area contributed by atoms with E-state index < -0.39 is 18.7 Å². The first kappa shape index (κ1) is 14.0. The van der Waals surface area contributed by atoms with Crippen molar-refractivity contribution in [2.45, 2.75) is 20.8 Å². The molecule has 0 bridgehead atoms. The van der Waals surface area contributed by atoms with Gasteiger partial charge in [-0.25, -0.2) is 0 Å². The van der Waals surface area contributed by atoms with E-state index in [-0.39, 0.29) is 19.8 Å². The Morgan fingerprint density at radius 2 is 1.57 bits per heavy atom. The largest absolute Gasteiger partial charge is 0.390 e. The van der Waals surface area contributed by atoms with Crippen molar-refractivity contribution in [1.29, 1.82) is 0 Å². The summed E-state index contributed by atoms with van der Waals surface area (Å²) in [6.45, 7) is 5.33. The van der Waals surface area contributed by atoms with E-state index in [1.807, 2.05) is 0 Å². The Morgan fingerprint density at radius 1 is 1.14 bits per heavy atom. The van der Waals surface area contributed by atoms with E-state index in [2.05, 4.69) is 0 Å². The molecular formula is C7H19NO5P+. The summed E-state index contributed by atoms with van der Waals surface area (Å²) in [5, 5.41) is 18.5. The van der Waals surface area contributed by atoms with Crippen LogP contribution in [0.25, 0.3) is 0 Å². The molecule has 0 spiro atoms. The highest BCUT2D eigenvalue weighted by Gasteiger charge is 2.37. The first-order valence-electron chi connectivity index (χ1n) is 4.60. The molecule has 7 heteroatoms. The molecule has 0 aromatic carbocycles. The summed E-state index contributed by atoms with van der Waals surface area (Å²) in [5.74, 6) is 0. The van der Waals surface area contributed by atoms with Crippen molar-refractivity contribution in [2.24, 2.45) is 0 Å². The van der Waals surface area contributed by atoms with E-state index in [1.54, 1.807) is 20.8 Å². The zero-order valence-corrected chi connectivity index (χ0v) is 9.74. The average molecular weight is 228 g/mol. The second-order valence-corrected chi connectivity index (χ2v) is 4.80. The quantitative estimate of drug-likeness (QED) is 0.395. The van der Waals surface area contributed by atoms with E-state index >= 15 is 0 Å². The minimum atomic E-state index is -3.39. The monoisotopic (exact) mass is 228 g/mol. The highest BCUT2D eigenvalue weighted by atomic mass is 31.2. The van der Waals surface area contributed by atoms with Gasteiger partial charge in [-0.15, -0.1) is 0 Å². The zero-order chi connectivity index (χ0) is 11.2. The molecule has 0 aromatic heterocycles. The van der Waals surface area contributed by atoms with Gasteiger partial charge in [-0.2, -0.15) is 10.4 Å². The molecule has 0 unspecified atom stereocenters. The molecule has 0 amide bonds. The molecule has 0 saturated heterocycles. The van der Waals surface area contributed by atoms with Gasteiger partial charge in [0.25, 0.3) is 0 Å². The predicted molar refractivity (Wildman–Crippen MR) is 50.1 cm³/mol. The fourth-order valence-corrected chi connectivity index (χ4v) is 2.67. The van der Waals surface area contributed by atoms with E-state index in [0.717, 1.165) is 0 Å². The first-order valence-corrected chi connectivity index (χ1v) is 6.32. The Labute approximate surface area is 84.1 Å². The topological polar surface area (TPSA) is 76.0 Å². The smallest absolute Gasteiger partial charge is 0.305 e. The summed E-state index contributed by atoms with van der Waals surface area (Å²) < 4.78 is 21.6. The number of hydrogen-bond acceptors (Lipinski definition) is 5. The van der Waals surface area contributed by atoms with Crippen molar-refractivity contribution >= 4 is 7.60 Å². The van der Waals surface area contributed by atoms with Crippen LogP contribution in [0.15, 0.2) is 0 Å². The van der Waals surface area contributed by atoms with Crippen LogP contribution in [0.4, 0.5) is 0 Å². The van der Waals surface area contributed by atoms with E-state index in [9.17, 15) is 15.0 Å². The van der Waals surface area contributed by atoms with E-state index in [4.69, 9.17) is 9.05 Å². The molecule has 2 N–H and O–H groups in total. The summed E-state index contributed by atoms with van der Waals surface area (Å²) in [6.07, 6.45) is -0.453. The second-order valence-electron chi connectivity index (χ2n) is 2.78. The molecule has 0 aliphatic rings. The minimum Gasteiger partial charge on any atom is -0.305 e. The summed E-state index contributed by atoms with van der Waals surface area (Å²) in [4.78, 5) is -1.35. The lowest BCUT2D eigenvalue weighted by molar-refractivity contribution is -1.24. The normalized spacial score (nSPS) is 13.2. The minimum absolute atomic E-state index is 0.0180. The van der Waals surface area contributed by atoms with Gasteiger partial charge < -0.3 is 9.05 Å². The van der Waals surface area contributed by atoms with Crippen molar-refractivity contribution in [3.63, 3.8) is 0 Å². The summed E-state index contributed by atoms with van der Waals surface area (Å²) in [5.41, 5.74) is 0. The molecule has 0 aromatic rings. The number of hydrogen-bond donors (Lipinski definition) is 2. The third-order valence-electron chi connectivity index (χ3n) is 1.56. The van der Waals surface area contributed by atoms with Gasteiger partial charge in [-0.05, 0) is 25.6 Å². The first-order chi connectivity index (χ1) is 6.39. The van der Waals surface area contributed by atoms with Crippen LogP contribution < -0.4 is 0 Å². The lowest BCUT2D eigenvalue weighted by atomic mass is 10.7. The Hall–Kier alpha value is 0.0300. The molecular weight excluding hydrogens is 209 g/mol. The fourth-order valence-electron chi connectivity index (χ4n) is 0.890. The van der Waals surface area contributed by atoms with Gasteiger partial charge in [-0.3, -0.25) is 4.57 Å². The number of nitrogens with zero attached hydrogens (tertiary/aromatic N) is 1. The lowest BCUT2D eigenvalue weighted by Crippen LogP contribution is -2.42. The SMILES string of the molecule is CCOP(=O)(C[N+](O)(O)CC)OCC. The number of rotatable bonds is 7. The zero-order valence-electron chi connectivity index (χ0n) is 8.84. The number of quaternary nitrogens is 1. The van der Waals surface area contributed by atoms with Gasteiger partial charge in [0, 0.05) is 0 Å². The maximum atomic E-state index is 11.8. The summed E-state index contributed by atoms with van der Waals surface area (Å²) >= 11 is 0. The highest BCUT2D eigenvalue weighted by Crippen LogP contribution is 2.49. The molecule has 6 nitrogen and oxygen atoms in total. The molecule has 0 rings (SSSR count). The van der Waals surface area contributed by atoms with Gasteiger partial charge >= 0.3 is 7.60 Å². The molecule has 0 fully saturated rings. The molecule has 0 radical (unpaired) electrons. The molecule has 86 valence electrons. The summed E-state index contributed by atoms with van der Waals surface area (Å²) in [7, 11) is -3.39. The summed E-state index contributed by atoms with van der Waals surface area (Å²) in [6, 6.07) is 0. The van der Waals surface area contributed by atoms with Crippen LogP contribution in [-0.2, 0) is 13.6 Å². The van der Waals surface area contributed by atoms with Gasteiger partial charge in [0.05, 0.1) is 13.2 Å². The van der Waals surface area contributed by atoms with E-state index in [1.165, 1.54) is 0 Å². The van der Waals surface area contributed by atoms with Crippen LogP contribution in [-0.4, -0.2) is 41.3 Å². The molecule has 14 heavy (non-hydrogen) atoms. The average Bonchev–Trinajstić information content (AvgIpc) is 2.03. The Morgan fingerprint density at radius 3 is 1.86 bits per heavy atom. The molecule has 0 saturated carbocycles. The van der Waals surface area contributed by atoms with Crippen LogP contribution in [0.2, 0.25) is 0 Å².